The van der Waals surface area contributed by atoms with E-state index in [-0.39, 0.29) is 5.82 Å². The summed E-state index contributed by atoms with van der Waals surface area (Å²) in [5.74, 6) is 0.897. The number of hydrogen-bond acceptors (Lipinski definition) is 2. The van der Waals surface area contributed by atoms with E-state index >= 15 is 0 Å². The summed E-state index contributed by atoms with van der Waals surface area (Å²) in [5, 5.41) is 9.95. The predicted octanol–water partition coefficient (Wildman–Crippen LogP) is 5.80. The van der Waals surface area contributed by atoms with Crippen LogP contribution < -0.4 is 0 Å². The maximum absolute atomic E-state index is 13.0. The second-order valence-corrected chi connectivity index (χ2v) is 5.32. The second kappa shape index (κ2) is 6.51. The van der Waals surface area contributed by atoms with Crippen LogP contribution in [0.1, 0.15) is 11.3 Å². The van der Waals surface area contributed by atoms with Crippen LogP contribution in [0, 0.1) is 17.1 Å². The van der Waals surface area contributed by atoms with Gasteiger partial charge in [0.25, 0.3) is 0 Å². The van der Waals surface area contributed by atoms with Crippen molar-refractivity contribution in [2.24, 2.45) is 0 Å². The van der Waals surface area contributed by atoms with Crippen LogP contribution in [0.3, 0.4) is 0 Å². The van der Waals surface area contributed by atoms with Crippen LogP contribution in [0.25, 0.3) is 23.0 Å². The molecule has 0 spiro atoms. The van der Waals surface area contributed by atoms with E-state index in [1.165, 1.54) is 12.1 Å². The van der Waals surface area contributed by atoms with Gasteiger partial charge in [-0.3, -0.25) is 0 Å². The Hall–Kier alpha value is -2.83. The molecule has 2 nitrogen and oxygen atoms in total. The van der Waals surface area contributed by atoms with E-state index < -0.39 is 0 Å². The Labute approximate surface area is 138 Å². The fraction of sp³-hybridized carbons (Fsp3) is 0. The third kappa shape index (κ3) is 3.50. The Kier molecular flexibility index (Phi) is 4.27. The predicted molar refractivity (Wildman–Crippen MR) is 89.0 cm³/mol. The van der Waals surface area contributed by atoms with Gasteiger partial charge in [0.05, 0.1) is 11.6 Å². The summed E-state index contributed by atoms with van der Waals surface area (Å²) in [6.45, 7) is 0. The molecule has 0 aliphatic carbocycles. The molecule has 0 saturated carbocycles. The Morgan fingerprint density at radius 2 is 1.70 bits per heavy atom. The van der Waals surface area contributed by atoms with Gasteiger partial charge in [0.15, 0.2) is 0 Å². The van der Waals surface area contributed by atoms with Crippen molar-refractivity contribution in [3.63, 3.8) is 0 Å². The SMILES string of the molecule is N#C/C(=C\c1ccc(-c2ccc(Cl)cc2)o1)c1ccc(F)cc1. The van der Waals surface area contributed by atoms with Crippen molar-refractivity contribution in [2.45, 2.75) is 0 Å². The molecule has 0 bridgehead atoms. The van der Waals surface area contributed by atoms with Crippen LogP contribution in [0.5, 0.6) is 0 Å². The lowest BCUT2D eigenvalue weighted by Crippen LogP contribution is -1.82. The Balaban J connectivity index is 1.91. The average Bonchev–Trinajstić information content (AvgIpc) is 3.03. The topological polar surface area (TPSA) is 36.9 Å². The van der Waals surface area contributed by atoms with Gasteiger partial charge in [0, 0.05) is 10.6 Å². The highest BCUT2D eigenvalue weighted by molar-refractivity contribution is 6.30. The van der Waals surface area contributed by atoms with Crippen LogP contribution in [0.15, 0.2) is 65.1 Å². The second-order valence-electron chi connectivity index (χ2n) is 4.89. The highest BCUT2D eigenvalue weighted by atomic mass is 35.5. The van der Waals surface area contributed by atoms with Gasteiger partial charge in [-0.25, -0.2) is 4.39 Å². The van der Waals surface area contributed by atoms with Gasteiger partial charge in [0.2, 0.25) is 0 Å². The fourth-order valence-corrected chi connectivity index (χ4v) is 2.28. The van der Waals surface area contributed by atoms with Gasteiger partial charge in [0.1, 0.15) is 17.3 Å². The highest BCUT2D eigenvalue weighted by Crippen LogP contribution is 2.26. The first kappa shape index (κ1) is 15.1. The fourth-order valence-electron chi connectivity index (χ4n) is 2.15. The van der Waals surface area contributed by atoms with Crippen LogP contribution in [-0.2, 0) is 0 Å². The molecule has 0 aliphatic rings. The van der Waals surface area contributed by atoms with Gasteiger partial charge >= 0.3 is 0 Å². The summed E-state index contributed by atoms with van der Waals surface area (Å²) in [5.41, 5.74) is 1.94. The van der Waals surface area contributed by atoms with E-state index in [1.54, 1.807) is 36.4 Å². The van der Waals surface area contributed by atoms with Crippen molar-refractivity contribution in [3.05, 3.63) is 82.8 Å². The average molecular weight is 324 g/mol. The molecule has 0 unspecified atom stereocenters. The van der Waals surface area contributed by atoms with Crippen molar-refractivity contribution in [1.29, 1.82) is 5.26 Å². The number of hydrogen-bond donors (Lipinski definition) is 0. The summed E-state index contributed by atoms with van der Waals surface area (Å²) in [7, 11) is 0. The van der Waals surface area contributed by atoms with E-state index in [9.17, 15) is 9.65 Å². The molecular formula is C19H11ClFNO. The molecule has 0 aliphatic heterocycles. The molecule has 3 aromatic rings. The molecule has 1 heterocycles. The number of nitriles is 1. The molecule has 0 amide bonds. The van der Waals surface area contributed by atoms with Crippen LogP contribution in [-0.4, -0.2) is 0 Å². The minimum atomic E-state index is -0.339. The normalized spacial score (nSPS) is 11.3. The third-order valence-electron chi connectivity index (χ3n) is 3.32. The first-order valence-corrected chi connectivity index (χ1v) is 7.27. The number of halogens is 2. The summed E-state index contributed by atoms with van der Waals surface area (Å²) in [6.07, 6.45) is 1.63. The first-order valence-electron chi connectivity index (χ1n) is 6.89. The zero-order chi connectivity index (χ0) is 16.2. The number of rotatable bonds is 3. The highest BCUT2D eigenvalue weighted by Gasteiger charge is 2.06. The Bertz CT molecular complexity index is 886. The Morgan fingerprint density at radius 1 is 1.00 bits per heavy atom. The minimum Gasteiger partial charge on any atom is -0.457 e. The van der Waals surface area contributed by atoms with Gasteiger partial charge in [-0.2, -0.15) is 5.26 Å². The number of nitrogens with zero attached hydrogens (tertiary/aromatic N) is 1. The molecule has 23 heavy (non-hydrogen) atoms. The lowest BCUT2D eigenvalue weighted by Gasteiger charge is -1.99. The summed E-state index contributed by atoms with van der Waals surface area (Å²) >= 11 is 5.87. The van der Waals surface area contributed by atoms with Crippen molar-refractivity contribution in [1.82, 2.24) is 0 Å². The lowest BCUT2D eigenvalue weighted by atomic mass is 10.1. The van der Waals surface area contributed by atoms with E-state index in [4.69, 9.17) is 16.0 Å². The number of benzene rings is 2. The van der Waals surface area contributed by atoms with E-state index in [0.29, 0.717) is 27.7 Å². The van der Waals surface area contributed by atoms with Gasteiger partial charge in [-0.15, -0.1) is 0 Å². The summed E-state index contributed by atoms with van der Waals surface area (Å²) in [4.78, 5) is 0. The lowest BCUT2D eigenvalue weighted by molar-refractivity contribution is 0.572. The third-order valence-corrected chi connectivity index (χ3v) is 3.57. The first-order chi connectivity index (χ1) is 11.2. The van der Waals surface area contributed by atoms with E-state index in [2.05, 4.69) is 6.07 Å². The quantitative estimate of drug-likeness (QED) is 0.571. The van der Waals surface area contributed by atoms with Gasteiger partial charge in [-0.05, 0) is 60.2 Å². The zero-order valence-corrected chi connectivity index (χ0v) is 12.7. The smallest absolute Gasteiger partial charge is 0.134 e. The molecule has 0 atom stereocenters. The molecule has 112 valence electrons. The van der Waals surface area contributed by atoms with Crippen molar-refractivity contribution >= 4 is 23.3 Å². The summed E-state index contributed by atoms with van der Waals surface area (Å²) < 4.78 is 18.7. The van der Waals surface area contributed by atoms with Crippen LogP contribution >= 0.6 is 11.6 Å². The van der Waals surface area contributed by atoms with Gasteiger partial charge in [-0.1, -0.05) is 23.7 Å². The monoisotopic (exact) mass is 323 g/mol. The maximum atomic E-state index is 13.0. The number of allylic oxidation sites excluding steroid dienone is 1. The largest absolute Gasteiger partial charge is 0.457 e. The standard InChI is InChI=1S/C19H11ClFNO/c20-16-5-1-14(2-6-16)19-10-9-18(23-19)11-15(12-22)13-3-7-17(21)8-4-13/h1-11H/b15-11+. The minimum absolute atomic E-state index is 0.339. The van der Waals surface area contributed by atoms with Crippen molar-refractivity contribution in [3.8, 4) is 17.4 Å². The van der Waals surface area contributed by atoms with E-state index in [0.717, 1.165) is 5.56 Å². The summed E-state index contributed by atoms with van der Waals surface area (Å²) in [6, 6.07) is 18.8. The molecule has 3 rings (SSSR count). The molecular weight excluding hydrogens is 313 g/mol. The molecule has 1 aromatic heterocycles. The van der Waals surface area contributed by atoms with Crippen LogP contribution in [0.2, 0.25) is 5.02 Å². The molecule has 0 saturated heterocycles. The molecule has 0 radical (unpaired) electrons. The molecule has 0 N–H and O–H groups in total. The molecule has 4 heteroatoms. The zero-order valence-electron chi connectivity index (χ0n) is 12.0. The molecule has 2 aromatic carbocycles. The van der Waals surface area contributed by atoms with Crippen molar-refractivity contribution < 1.29 is 8.81 Å². The maximum Gasteiger partial charge on any atom is 0.134 e. The number of furan rings is 1. The van der Waals surface area contributed by atoms with Crippen LogP contribution in [0.4, 0.5) is 4.39 Å². The Morgan fingerprint density at radius 3 is 2.35 bits per heavy atom. The van der Waals surface area contributed by atoms with Gasteiger partial charge < -0.3 is 4.42 Å². The van der Waals surface area contributed by atoms with E-state index in [1.807, 2.05) is 18.2 Å². The van der Waals surface area contributed by atoms with Crippen molar-refractivity contribution in [2.75, 3.05) is 0 Å². The molecule has 0 fully saturated rings.